The minimum absolute atomic E-state index is 0.0136. The summed E-state index contributed by atoms with van der Waals surface area (Å²) >= 11 is 1.35. The van der Waals surface area contributed by atoms with Gasteiger partial charge in [-0.2, -0.15) is 0 Å². The number of carbonyl (C=O) groups excluding carboxylic acids is 1. The lowest BCUT2D eigenvalue weighted by Gasteiger charge is -2.29. The SMILES string of the molecule is O=C(Nc1nc(-c2ccc(F)cc2)c(-c2ccnc(Nc3ccc(N4CCNCC4)cc3)n2)s1)C1CC1. The highest BCUT2D eigenvalue weighted by atomic mass is 32.1. The highest BCUT2D eigenvalue weighted by Gasteiger charge is 2.30. The van der Waals surface area contributed by atoms with Crippen LogP contribution < -0.4 is 20.9 Å². The first kappa shape index (κ1) is 23.5. The van der Waals surface area contributed by atoms with E-state index in [-0.39, 0.29) is 17.6 Å². The van der Waals surface area contributed by atoms with Crippen molar-refractivity contribution in [3.63, 3.8) is 0 Å². The maximum atomic E-state index is 13.6. The molecule has 3 heterocycles. The van der Waals surface area contributed by atoms with Crippen LogP contribution >= 0.6 is 11.3 Å². The van der Waals surface area contributed by atoms with Gasteiger partial charge in [0.2, 0.25) is 11.9 Å². The molecule has 4 aromatic rings. The number of anilines is 4. The fraction of sp³-hybridized carbons (Fsp3) is 0.259. The molecule has 1 amide bonds. The van der Waals surface area contributed by atoms with E-state index in [9.17, 15) is 9.18 Å². The van der Waals surface area contributed by atoms with Crippen molar-refractivity contribution < 1.29 is 9.18 Å². The van der Waals surface area contributed by atoms with Gasteiger partial charge < -0.3 is 20.9 Å². The van der Waals surface area contributed by atoms with Crippen LogP contribution in [-0.2, 0) is 4.79 Å². The standard InChI is InChI=1S/C27H26FN7OS/c28-19-5-3-17(4-6-19)23-24(37-27(33-23)34-25(36)18-1-2-18)22-11-12-30-26(32-22)31-20-7-9-21(10-8-20)35-15-13-29-14-16-35/h3-12,18,29H,1-2,13-16H2,(H,30,31,32)(H,33,34,36). The number of aromatic nitrogens is 3. The molecule has 8 nitrogen and oxygen atoms in total. The Morgan fingerprint density at radius 1 is 1.00 bits per heavy atom. The first-order valence-corrected chi connectivity index (χ1v) is 13.2. The van der Waals surface area contributed by atoms with E-state index in [1.54, 1.807) is 18.3 Å². The zero-order valence-electron chi connectivity index (χ0n) is 20.1. The highest BCUT2D eigenvalue weighted by Crippen LogP contribution is 2.39. The summed E-state index contributed by atoms with van der Waals surface area (Å²) in [5.41, 5.74) is 4.13. The average molecular weight is 516 g/mol. The van der Waals surface area contributed by atoms with Crippen LogP contribution in [0.1, 0.15) is 12.8 Å². The number of piperazine rings is 1. The van der Waals surface area contributed by atoms with Crippen molar-refractivity contribution in [1.29, 1.82) is 0 Å². The van der Waals surface area contributed by atoms with Crippen LogP contribution in [0.15, 0.2) is 60.8 Å². The van der Waals surface area contributed by atoms with Crippen molar-refractivity contribution in [2.24, 2.45) is 5.92 Å². The van der Waals surface area contributed by atoms with Gasteiger partial charge in [-0.3, -0.25) is 4.79 Å². The van der Waals surface area contributed by atoms with E-state index in [4.69, 9.17) is 4.98 Å². The van der Waals surface area contributed by atoms with E-state index in [1.165, 1.54) is 29.2 Å². The quantitative estimate of drug-likeness (QED) is 0.322. The molecule has 188 valence electrons. The average Bonchev–Trinajstić information content (AvgIpc) is 3.71. The Hall–Kier alpha value is -3.89. The molecule has 2 aromatic heterocycles. The molecule has 2 aromatic carbocycles. The molecule has 1 saturated heterocycles. The number of hydrogen-bond donors (Lipinski definition) is 3. The summed E-state index contributed by atoms with van der Waals surface area (Å²) < 4.78 is 13.6. The fourth-order valence-corrected chi connectivity index (χ4v) is 5.22. The molecule has 1 saturated carbocycles. The van der Waals surface area contributed by atoms with Gasteiger partial charge in [-0.05, 0) is 67.4 Å². The Labute approximate surface area is 218 Å². The highest BCUT2D eigenvalue weighted by molar-refractivity contribution is 7.19. The smallest absolute Gasteiger partial charge is 0.229 e. The molecule has 0 atom stereocenters. The van der Waals surface area contributed by atoms with Gasteiger partial charge in [0.15, 0.2) is 5.13 Å². The maximum absolute atomic E-state index is 13.6. The molecule has 6 rings (SSSR count). The van der Waals surface area contributed by atoms with Gasteiger partial charge in [-0.15, -0.1) is 0 Å². The molecule has 2 fully saturated rings. The van der Waals surface area contributed by atoms with Gasteiger partial charge in [-0.1, -0.05) is 11.3 Å². The lowest BCUT2D eigenvalue weighted by molar-refractivity contribution is -0.117. The van der Waals surface area contributed by atoms with Crippen LogP contribution in [-0.4, -0.2) is 47.0 Å². The van der Waals surface area contributed by atoms with Crippen molar-refractivity contribution in [2.75, 3.05) is 41.7 Å². The minimum atomic E-state index is -0.320. The van der Waals surface area contributed by atoms with E-state index >= 15 is 0 Å². The number of amides is 1. The number of halogens is 1. The lowest BCUT2D eigenvalue weighted by Crippen LogP contribution is -2.43. The van der Waals surface area contributed by atoms with Gasteiger partial charge in [0.05, 0.1) is 16.3 Å². The van der Waals surface area contributed by atoms with Crippen molar-refractivity contribution >= 4 is 39.7 Å². The number of benzene rings is 2. The Morgan fingerprint density at radius 2 is 1.76 bits per heavy atom. The van der Waals surface area contributed by atoms with Crippen molar-refractivity contribution in [3.05, 3.63) is 66.6 Å². The van der Waals surface area contributed by atoms with Crippen LogP contribution in [0.3, 0.4) is 0 Å². The Bertz CT molecular complexity index is 1400. The molecule has 0 radical (unpaired) electrons. The van der Waals surface area contributed by atoms with E-state index in [1.807, 2.05) is 18.2 Å². The predicted octanol–water partition coefficient (Wildman–Crippen LogP) is 4.91. The molecule has 1 aliphatic heterocycles. The number of hydrogen-bond acceptors (Lipinski definition) is 8. The van der Waals surface area contributed by atoms with Gasteiger partial charge in [0.25, 0.3) is 0 Å². The Balaban J connectivity index is 1.26. The monoisotopic (exact) mass is 515 g/mol. The van der Waals surface area contributed by atoms with Gasteiger partial charge in [0, 0.05) is 55.2 Å². The number of carbonyl (C=O) groups is 1. The van der Waals surface area contributed by atoms with Crippen LogP contribution in [0.5, 0.6) is 0 Å². The molecule has 10 heteroatoms. The molecule has 0 unspecified atom stereocenters. The topological polar surface area (TPSA) is 95.1 Å². The second kappa shape index (κ2) is 10.2. The molecule has 0 bridgehead atoms. The first-order valence-electron chi connectivity index (χ1n) is 12.4. The molecule has 2 aliphatic rings. The van der Waals surface area contributed by atoms with Crippen molar-refractivity contribution in [1.82, 2.24) is 20.3 Å². The third kappa shape index (κ3) is 5.45. The minimum Gasteiger partial charge on any atom is -0.369 e. The van der Waals surface area contributed by atoms with Crippen LogP contribution in [0, 0.1) is 11.7 Å². The zero-order valence-corrected chi connectivity index (χ0v) is 20.9. The van der Waals surface area contributed by atoms with Gasteiger partial charge >= 0.3 is 0 Å². The third-order valence-electron chi connectivity index (χ3n) is 6.42. The summed E-state index contributed by atoms with van der Waals surface area (Å²) in [7, 11) is 0. The molecule has 3 N–H and O–H groups in total. The number of nitrogens with zero attached hydrogens (tertiary/aromatic N) is 4. The fourth-order valence-electron chi connectivity index (χ4n) is 4.26. The molecule has 0 spiro atoms. The summed E-state index contributed by atoms with van der Waals surface area (Å²) in [6, 6.07) is 16.2. The second-order valence-corrected chi connectivity index (χ2v) is 10.1. The summed E-state index contributed by atoms with van der Waals surface area (Å²) in [4.78, 5) is 29.3. The first-order chi connectivity index (χ1) is 18.1. The van der Waals surface area contributed by atoms with E-state index in [2.05, 4.69) is 43.0 Å². The summed E-state index contributed by atoms with van der Waals surface area (Å²) in [6.45, 7) is 3.97. The normalized spacial score (nSPS) is 15.4. The number of nitrogens with one attached hydrogen (secondary N) is 3. The third-order valence-corrected chi connectivity index (χ3v) is 7.41. The predicted molar refractivity (Wildman–Crippen MR) is 145 cm³/mol. The molecular formula is C27H26FN7OS. The summed E-state index contributed by atoms with van der Waals surface area (Å²) in [5, 5.41) is 10.1. The van der Waals surface area contributed by atoms with Crippen LogP contribution in [0.2, 0.25) is 0 Å². The summed E-state index contributed by atoms with van der Waals surface area (Å²) in [5.74, 6) is 0.184. The Kier molecular flexibility index (Phi) is 6.50. The van der Waals surface area contributed by atoms with E-state index in [0.29, 0.717) is 22.5 Å². The van der Waals surface area contributed by atoms with E-state index in [0.717, 1.165) is 55.1 Å². The van der Waals surface area contributed by atoms with Crippen molar-refractivity contribution in [3.8, 4) is 21.8 Å². The maximum Gasteiger partial charge on any atom is 0.229 e. The van der Waals surface area contributed by atoms with Gasteiger partial charge in [-0.25, -0.2) is 19.3 Å². The Morgan fingerprint density at radius 3 is 2.49 bits per heavy atom. The second-order valence-electron chi connectivity index (χ2n) is 9.14. The van der Waals surface area contributed by atoms with E-state index < -0.39 is 0 Å². The summed E-state index contributed by atoms with van der Waals surface area (Å²) in [6.07, 6.45) is 3.51. The molecule has 1 aliphatic carbocycles. The van der Waals surface area contributed by atoms with Gasteiger partial charge in [0.1, 0.15) is 5.82 Å². The van der Waals surface area contributed by atoms with Crippen LogP contribution in [0.4, 0.5) is 26.8 Å². The lowest BCUT2D eigenvalue weighted by atomic mass is 10.1. The largest absolute Gasteiger partial charge is 0.369 e. The zero-order chi connectivity index (χ0) is 25.2. The number of rotatable bonds is 7. The number of thiazole rings is 1. The van der Waals surface area contributed by atoms with Crippen molar-refractivity contribution in [2.45, 2.75) is 12.8 Å². The molecule has 37 heavy (non-hydrogen) atoms. The molecular weight excluding hydrogens is 489 g/mol. The van der Waals surface area contributed by atoms with Crippen LogP contribution in [0.25, 0.3) is 21.8 Å².